The van der Waals surface area contributed by atoms with E-state index in [0.29, 0.717) is 22.3 Å². The van der Waals surface area contributed by atoms with Crippen LogP contribution in [-0.4, -0.2) is 38.7 Å². The van der Waals surface area contributed by atoms with E-state index in [1.54, 1.807) is 23.9 Å². The number of amides is 1. The van der Waals surface area contributed by atoms with Gasteiger partial charge in [-0.2, -0.15) is 5.10 Å². The molecule has 0 aliphatic rings. The number of benzene rings is 1. The second-order valence-corrected chi connectivity index (χ2v) is 6.60. The number of ether oxygens (including phenoxy) is 1. The zero-order valence-corrected chi connectivity index (χ0v) is 15.6. The molecule has 8 heteroatoms. The number of nitrogens with one attached hydrogen (secondary N) is 1. The Morgan fingerprint density at radius 1 is 1.19 bits per heavy atom. The van der Waals surface area contributed by atoms with Crippen LogP contribution in [-0.2, 0) is 4.79 Å². The van der Waals surface area contributed by atoms with E-state index < -0.39 is 0 Å². The Bertz CT molecular complexity index is 908. The number of nitrogens with zero attached hydrogens (tertiary/aromatic N) is 4. The SMILES string of the molecule is COc1ccccc1NC(=O)CSc1ccc(-n2nc(C)cc2C)nn1. The van der Waals surface area contributed by atoms with Crippen molar-refractivity contribution >= 4 is 23.4 Å². The maximum Gasteiger partial charge on any atom is 0.234 e. The third kappa shape index (κ3) is 4.20. The van der Waals surface area contributed by atoms with E-state index in [1.807, 2.05) is 44.2 Å². The number of anilines is 1. The maximum atomic E-state index is 12.1. The predicted molar refractivity (Wildman–Crippen MR) is 101 cm³/mol. The van der Waals surface area contributed by atoms with E-state index in [-0.39, 0.29) is 11.7 Å². The zero-order valence-electron chi connectivity index (χ0n) is 14.8. The summed E-state index contributed by atoms with van der Waals surface area (Å²) in [6, 6.07) is 12.9. The predicted octanol–water partition coefficient (Wildman–Crippen LogP) is 3.02. The van der Waals surface area contributed by atoms with E-state index in [2.05, 4.69) is 20.6 Å². The first kappa shape index (κ1) is 17.9. The van der Waals surface area contributed by atoms with Crippen molar-refractivity contribution in [1.29, 1.82) is 0 Å². The first-order valence-electron chi connectivity index (χ1n) is 8.00. The van der Waals surface area contributed by atoms with Crippen molar-refractivity contribution in [3.8, 4) is 11.6 Å². The van der Waals surface area contributed by atoms with Crippen LogP contribution in [0.3, 0.4) is 0 Å². The van der Waals surface area contributed by atoms with Crippen molar-refractivity contribution in [3.05, 3.63) is 53.9 Å². The van der Waals surface area contributed by atoms with Crippen LogP contribution in [0.25, 0.3) is 5.82 Å². The average molecular weight is 369 g/mol. The molecule has 1 aromatic carbocycles. The van der Waals surface area contributed by atoms with Gasteiger partial charge in [-0.3, -0.25) is 4.79 Å². The molecule has 0 fully saturated rings. The summed E-state index contributed by atoms with van der Waals surface area (Å²) < 4.78 is 6.96. The second-order valence-electron chi connectivity index (χ2n) is 5.61. The van der Waals surface area contributed by atoms with Gasteiger partial charge in [0.05, 0.1) is 24.2 Å². The van der Waals surface area contributed by atoms with Gasteiger partial charge in [-0.1, -0.05) is 23.9 Å². The number of hydrogen-bond donors (Lipinski definition) is 1. The number of thioether (sulfide) groups is 1. The number of para-hydroxylation sites is 2. The molecule has 2 aromatic heterocycles. The van der Waals surface area contributed by atoms with Gasteiger partial charge in [-0.05, 0) is 44.2 Å². The molecule has 0 spiro atoms. The van der Waals surface area contributed by atoms with Crippen LogP contribution in [0.4, 0.5) is 5.69 Å². The maximum absolute atomic E-state index is 12.1. The highest BCUT2D eigenvalue weighted by Crippen LogP contribution is 2.24. The number of methoxy groups -OCH3 is 1. The number of hydrogen-bond acceptors (Lipinski definition) is 6. The quantitative estimate of drug-likeness (QED) is 0.673. The molecule has 3 rings (SSSR count). The molecule has 0 atom stereocenters. The standard InChI is InChI=1S/C18H19N5O2S/c1-12-10-13(2)23(22-12)16-8-9-18(21-20-16)26-11-17(24)19-14-6-4-5-7-15(14)25-3/h4-10H,11H2,1-3H3,(H,19,24). The summed E-state index contributed by atoms with van der Waals surface area (Å²) in [5.41, 5.74) is 2.57. The van der Waals surface area contributed by atoms with E-state index >= 15 is 0 Å². The van der Waals surface area contributed by atoms with Crippen molar-refractivity contribution in [2.24, 2.45) is 0 Å². The summed E-state index contributed by atoms with van der Waals surface area (Å²) in [5, 5.41) is 16.2. The molecule has 1 N–H and O–H groups in total. The second kappa shape index (κ2) is 8.01. The normalized spacial score (nSPS) is 10.6. The first-order chi connectivity index (χ1) is 12.6. The van der Waals surface area contributed by atoms with Crippen LogP contribution in [0.1, 0.15) is 11.4 Å². The lowest BCUT2D eigenvalue weighted by Crippen LogP contribution is -2.14. The highest BCUT2D eigenvalue weighted by molar-refractivity contribution is 7.99. The van der Waals surface area contributed by atoms with Crippen LogP contribution in [0, 0.1) is 13.8 Å². The Hall–Kier alpha value is -2.87. The van der Waals surface area contributed by atoms with E-state index in [9.17, 15) is 4.79 Å². The Kier molecular flexibility index (Phi) is 5.52. The molecule has 0 bridgehead atoms. The average Bonchev–Trinajstić information content (AvgIpc) is 2.99. The fraction of sp³-hybridized carbons (Fsp3) is 0.222. The van der Waals surface area contributed by atoms with Gasteiger partial charge in [-0.25, -0.2) is 4.68 Å². The first-order valence-corrected chi connectivity index (χ1v) is 8.98. The molecule has 2 heterocycles. The minimum absolute atomic E-state index is 0.135. The summed E-state index contributed by atoms with van der Waals surface area (Å²) in [7, 11) is 1.57. The summed E-state index contributed by atoms with van der Waals surface area (Å²) >= 11 is 1.32. The van der Waals surface area contributed by atoms with Crippen molar-refractivity contribution in [2.45, 2.75) is 18.9 Å². The third-order valence-corrected chi connectivity index (χ3v) is 4.50. The van der Waals surface area contributed by atoms with E-state index in [1.165, 1.54) is 11.8 Å². The number of aromatic nitrogens is 4. The Balaban J connectivity index is 1.59. The zero-order chi connectivity index (χ0) is 18.5. The number of carbonyl (C=O) groups is 1. The number of aryl methyl sites for hydroxylation is 2. The van der Waals surface area contributed by atoms with Crippen LogP contribution < -0.4 is 10.1 Å². The van der Waals surface area contributed by atoms with Gasteiger partial charge in [0.1, 0.15) is 10.8 Å². The van der Waals surface area contributed by atoms with E-state index in [0.717, 1.165) is 11.4 Å². The molecule has 0 aliphatic heterocycles. The monoisotopic (exact) mass is 369 g/mol. The van der Waals surface area contributed by atoms with Gasteiger partial charge in [0.15, 0.2) is 5.82 Å². The fourth-order valence-corrected chi connectivity index (χ4v) is 3.05. The largest absolute Gasteiger partial charge is 0.495 e. The van der Waals surface area contributed by atoms with Crippen molar-refractivity contribution in [2.75, 3.05) is 18.2 Å². The molecule has 0 saturated heterocycles. The Morgan fingerprint density at radius 3 is 2.65 bits per heavy atom. The minimum atomic E-state index is -0.135. The highest BCUT2D eigenvalue weighted by Gasteiger charge is 2.10. The number of carbonyl (C=O) groups excluding carboxylic acids is 1. The fourth-order valence-electron chi connectivity index (χ4n) is 2.44. The van der Waals surface area contributed by atoms with Gasteiger partial charge in [0.2, 0.25) is 5.91 Å². The van der Waals surface area contributed by atoms with Crippen molar-refractivity contribution < 1.29 is 9.53 Å². The Morgan fingerprint density at radius 2 is 2.00 bits per heavy atom. The van der Waals surface area contributed by atoms with Gasteiger partial charge in [0.25, 0.3) is 0 Å². The molecule has 26 heavy (non-hydrogen) atoms. The van der Waals surface area contributed by atoms with Gasteiger partial charge in [0, 0.05) is 5.69 Å². The summed E-state index contributed by atoms with van der Waals surface area (Å²) in [5.74, 6) is 1.37. The lowest BCUT2D eigenvalue weighted by atomic mass is 10.3. The molecule has 0 saturated carbocycles. The van der Waals surface area contributed by atoms with Gasteiger partial charge < -0.3 is 10.1 Å². The summed E-state index contributed by atoms with van der Waals surface area (Å²) in [6.07, 6.45) is 0. The van der Waals surface area contributed by atoms with Gasteiger partial charge in [-0.15, -0.1) is 10.2 Å². The minimum Gasteiger partial charge on any atom is -0.495 e. The van der Waals surface area contributed by atoms with Crippen LogP contribution >= 0.6 is 11.8 Å². The molecule has 7 nitrogen and oxygen atoms in total. The van der Waals surface area contributed by atoms with Crippen LogP contribution in [0.2, 0.25) is 0 Å². The Labute approximate surface area is 155 Å². The summed E-state index contributed by atoms with van der Waals surface area (Å²) in [6.45, 7) is 3.90. The highest BCUT2D eigenvalue weighted by atomic mass is 32.2. The smallest absolute Gasteiger partial charge is 0.234 e. The van der Waals surface area contributed by atoms with E-state index in [4.69, 9.17) is 4.74 Å². The molecule has 1 amide bonds. The van der Waals surface area contributed by atoms with Gasteiger partial charge >= 0.3 is 0 Å². The third-order valence-electron chi connectivity index (χ3n) is 3.58. The molecule has 3 aromatic rings. The lowest BCUT2D eigenvalue weighted by molar-refractivity contribution is -0.113. The summed E-state index contributed by atoms with van der Waals surface area (Å²) in [4.78, 5) is 12.1. The lowest BCUT2D eigenvalue weighted by Gasteiger charge is -2.09. The van der Waals surface area contributed by atoms with Crippen LogP contribution in [0.15, 0.2) is 47.5 Å². The molecule has 0 aliphatic carbocycles. The topological polar surface area (TPSA) is 81.9 Å². The van der Waals surface area contributed by atoms with Crippen molar-refractivity contribution in [3.63, 3.8) is 0 Å². The van der Waals surface area contributed by atoms with Crippen LogP contribution in [0.5, 0.6) is 5.75 Å². The number of rotatable bonds is 6. The molecule has 0 radical (unpaired) electrons. The molecular formula is C18H19N5O2S. The van der Waals surface area contributed by atoms with Crippen molar-refractivity contribution in [1.82, 2.24) is 20.0 Å². The molecular weight excluding hydrogens is 350 g/mol. The molecule has 0 unspecified atom stereocenters. The molecule has 134 valence electrons.